The third-order valence-electron chi connectivity index (χ3n) is 3.61. The number of phenolic OH excluding ortho intramolecular Hbond substituents is 1. The topological polar surface area (TPSA) is 66.6 Å². The van der Waals surface area contributed by atoms with Crippen LogP contribution >= 0.6 is 0 Å². The normalized spacial score (nSPS) is 23.3. The Morgan fingerprint density at radius 3 is 2.67 bits per heavy atom. The second-order valence-corrected chi connectivity index (χ2v) is 5.08. The van der Waals surface area contributed by atoms with Gasteiger partial charge in [0.05, 0.1) is 6.42 Å². The van der Waals surface area contributed by atoms with Crippen molar-refractivity contribution in [3.05, 3.63) is 29.8 Å². The van der Waals surface area contributed by atoms with Crippen LogP contribution < -0.4 is 5.73 Å². The highest BCUT2D eigenvalue weighted by molar-refractivity contribution is 5.79. The minimum absolute atomic E-state index is 0.143. The van der Waals surface area contributed by atoms with Crippen LogP contribution in [0.4, 0.5) is 0 Å². The van der Waals surface area contributed by atoms with Gasteiger partial charge < -0.3 is 15.7 Å². The molecule has 1 aliphatic heterocycles. The quantitative estimate of drug-likeness (QED) is 0.842. The van der Waals surface area contributed by atoms with E-state index in [0.717, 1.165) is 18.5 Å². The highest BCUT2D eigenvalue weighted by Gasteiger charge is 2.31. The van der Waals surface area contributed by atoms with E-state index in [4.69, 9.17) is 5.73 Å². The molecule has 0 bridgehead atoms. The molecule has 18 heavy (non-hydrogen) atoms. The Bertz CT molecular complexity index is 416. The molecular formula is C14H20N2O2. The number of nitrogens with zero attached hydrogens (tertiary/aromatic N) is 1. The lowest BCUT2D eigenvalue weighted by Crippen LogP contribution is -2.35. The highest BCUT2D eigenvalue weighted by Crippen LogP contribution is 2.23. The van der Waals surface area contributed by atoms with Gasteiger partial charge >= 0.3 is 0 Å². The third-order valence-corrected chi connectivity index (χ3v) is 3.61. The summed E-state index contributed by atoms with van der Waals surface area (Å²) in [6, 6.07) is 7.07. The fourth-order valence-electron chi connectivity index (χ4n) is 2.55. The number of carbonyl (C=O) groups is 1. The van der Waals surface area contributed by atoms with E-state index in [-0.39, 0.29) is 17.7 Å². The largest absolute Gasteiger partial charge is 0.508 e. The van der Waals surface area contributed by atoms with Crippen molar-refractivity contribution in [3.8, 4) is 5.75 Å². The zero-order valence-corrected chi connectivity index (χ0v) is 10.7. The molecular weight excluding hydrogens is 228 g/mol. The molecule has 3 N–H and O–H groups in total. The molecule has 4 heteroatoms. The zero-order valence-electron chi connectivity index (χ0n) is 10.7. The van der Waals surface area contributed by atoms with Gasteiger partial charge in [-0.3, -0.25) is 4.79 Å². The van der Waals surface area contributed by atoms with Crippen molar-refractivity contribution in [1.29, 1.82) is 0 Å². The van der Waals surface area contributed by atoms with E-state index < -0.39 is 0 Å². The van der Waals surface area contributed by atoms with Crippen LogP contribution in [-0.4, -0.2) is 35.0 Å². The minimum atomic E-state index is 0.143. The van der Waals surface area contributed by atoms with E-state index in [0.29, 0.717) is 18.9 Å². The third kappa shape index (κ3) is 2.82. The lowest BCUT2D eigenvalue weighted by atomic mass is 10.1. The molecule has 1 aliphatic rings. The van der Waals surface area contributed by atoms with Crippen molar-refractivity contribution in [2.75, 3.05) is 13.1 Å². The molecule has 2 atom stereocenters. The lowest BCUT2D eigenvalue weighted by molar-refractivity contribution is -0.131. The van der Waals surface area contributed by atoms with Gasteiger partial charge in [-0.25, -0.2) is 0 Å². The Labute approximate surface area is 107 Å². The number of phenols is 1. The summed E-state index contributed by atoms with van der Waals surface area (Å²) in [5.41, 5.74) is 6.59. The number of likely N-dealkylation sites (tertiary alicyclic amines) is 1. The monoisotopic (exact) mass is 248 g/mol. The van der Waals surface area contributed by atoms with Crippen molar-refractivity contribution in [1.82, 2.24) is 4.90 Å². The number of amides is 1. The molecule has 1 amide bonds. The van der Waals surface area contributed by atoms with E-state index in [1.54, 1.807) is 24.3 Å². The average Bonchev–Trinajstić information content (AvgIpc) is 2.73. The first-order valence-electron chi connectivity index (χ1n) is 6.37. The molecule has 2 rings (SSSR count). The molecule has 1 fully saturated rings. The van der Waals surface area contributed by atoms with Gasteiger partial charge in [-0.2, -0.15) is 0 Å². The molecule has 1 heterocycles. The van der Waals surface area contributed by atoms with Crippen LogP contribution in [0.2, 0.25) is 0 Å². The van der Waals surface area contributed by atoms with Gasteiger partial charge in [-0.05, 0) is 43.5 Å². The van der Waals surface area contributed by atoms with Gasteiger partial charge in [-0.1, -0.05) is 12.1 Å². The van der Waals surface area contributed by atoms with Crippen molar-refractivity contribution in [3.63, 3.8) is 0 Å². The second kappa shape index (κ2) is 5.40. The summed E-state index contributed by atoms with van der Waals surface area (Å²) in [7, 11) is 0. The van der Waals surface area contributed by atoms with E-state index >= 15 is 0 Å². The van der Waals surface area contributed by atoms with Crippen LogP contribution in [0.3, 0.4) is 0 Å². The molecule has 0 saturated carbocycles. The Balaban J connectivity index is 1.98. The molecule has 0 aromatic heterocycles. The maximum atomic E-state index is 12.2. The maximum absolute atomic E-state index is 12.2. The number of hydrogen-bond donors (Lipinski definition) is 2. The molecule has 4 nitrogen and oxygen atoms in total. The standard InChI is InChI=1S/C14H20N2O2/c1-10-6-12(8-15)9-16(10)14(18)7-11-2-4-13(17)5-3-11/h2-5,10,12,17H,6-9,15H2,1H3. The first-order chi connectivity index (χ1) is 8.60. The summed E-state index contributed by atoms with van der Waals surface area (Å²) >= 11 is 0. The number of carbonyl (C=O) groups excluding carboxylic acids is 1. The Morgan fingerprint density at radius 2 is 2.11 bits per heavy atom. The SMILES string of the molecule is CC1CC(CN)CN1C(=O)Cc1ccc(O)cc1. The van der Waals surface area contributed by atoms with Crippen LogP contribution in [0.5, 0.6) is 5.75 Å². The molecule has 1 aromatic rings. The lowest BCUT2D eigenvalue weighted by Gasteiger charge is -2.21. The first kappa shape index (κ1) is 12.9. The molecule has 0 aliphatic carbocycles. The Kier molecular flexibility index (Phi) is 3.87. The smallest absolute Gasteiger partial charge is 0.227 e. The molecule has 1 saturated heterocycles. The first-order valence-corrected chi connectivity index (χ1v) is 6.37. The molecule has 0 radical (unpaired) electrons. The van der Waals surface area contributed by atoms with Crippen LogP contribution in [0.25, 0.3) is 0 Å². The predicted molar refractivity (Wildman–Crippen MR) is 70.1 cm³/mol. The average molecular weight is 248 g/mol. The summed E-state index contributed by atoms with van der Waals surface area (Å²) in [5, 5.41) is 9.20. The number of benzene rings is 1. The summed E-state index contributed by atoms with van der Waals surface area (Å²) < 4.78 is 0. The van der Waals surface area contributed by atoms with Gasteiger partial charge in [0.1, 0.15) is 5.75 Å². The minimum Gasteiger partial charge on any atom is -0.508 e. The van der Waals surface area contributed by atoms with Crippen LogP contribution in [-0.2, 0) is 11.2 Å². The highest BCUT2D eigenvalue weighted by atomic mass is 16.3. The summed E-state index contributed by atoms with van der Waals surface area (Å²) in [4.78, 5) is 14.1. The van der Waals surface area contributed by atoms with Crippen molar-refractivity contribution >= 4 is 5.91 Å². The maximum Gasteiger partial charge on any atom is 0.227 e. The summed E-state index contributed by atoms with van der Waals surface area (Å²) in [6.45, 7) is 3.49. The fourth-order valence-corrected chi connectivity index (χ4v) is 2.55. The Morgan fingerprint density at radius 1 is 1.44 bits per heavy atom. The number of aromatic hydroxyl groups is 1. The predicted octanol–water partition coefficient (Wildman–Crippen LogP) is 1.13. The number of hydrogen-bond acceptors (Lipinski definition) is 3. The summed E-state index contributed by atoms with van der Waals surface area (Å²) in [6.07, 6.45) is 1.39. The number of rotatable bonds is 3. The van der Waals surface area contributed by atoms with Gasteiger partial charge in [0.15, 0.2) is 0 Å². The van der Waals surface area contributed by atoms with E-state index in [9.17, 15) is 9.90 Å². The van der Waals surface area contributed by atoms with Crippen molar-refractivity contribution in [2.45, 2.75) is 25.8 Å². The molecule has 0 spiro atoms. The van der Waals surface area contributed by atoms with Gasteiger partial charge in [0, 0.05) is 12.6 Å². The molecule has 98 valence electrons. The van der Waals surface area contributed by atoms with Crippen LogP contribution in [0.15, 0.2) is 24.3 Å². The molecule has 2 unspecified atom stereocenters. The number of nitrogens with two attached hydrogens (primary N) is 1. The van der Waals surface area contributed by atoms with Gasteiger partial charge in [-0.15, -0.1) is 0 Å². The Hall–Kier alpha value is -1.55. The van der Waals surface area contributed by atoms with E-state index in [1.807, 2.05) is 4.90 Å². The van der Waals surface area contributed by atoms with E-state index in [1.165, 1.54) is 0 Å². The van der Waals surface area contributed by atoms with Crippen LogP contribution in [0, 0.1) is 5.92 Å². The van der Waals surface area contributed by atoms with Gasteiger partial charge in [0.25, 0.3) is 0 Å². The van der Waals surface area contributed by atoms with Crippen LogP contribution in [0.1, 0.15) is 18.9 Å². The van der Waals surface area contributed by atoms with Gasteiger partial charge in [0.2, 0.25) is 5.91 Å². The van der Waals surface area contributed by atoms with Crippen molar-refractivity contribution in [2.24, 2.45) is 11.7 Å². The molecule has 1 aromatic carbocycles. The zero-order chi connectivity index (χ0) is 13.1. The van der Waals surface area contributed by atoms with E-state index in [2.05, 4.69) is 6.92 Å². The second-order valence-electron chi connectivity index (χ2n) is 5.08. The summed E-state index contributed by atoms with van der Waals surface area (Å²) in [5.74, 6) is 0.803. The fraction of sp³-hybridized carbons (Fsp3) is 0.500. The van der Waals surface area contributed by atoms with Crippen molar-refractivity contribution < 1.29 is 9.90 Å².